The zero-order chi connectivity index (χ0) is 23.6. The van der Waals surface area contributed by atoms with Crippen LogP contribution in [0.3, 0.4) is 0 Å². The number of nitrogens with two attached hydrogens (primary N) is 3. The molecule has 0 aromatic heterocycles. The van der Waals surface area contributed by atoms with Gasteiger partial charge in [0.25, 0.3) is 0 Å². The second kappa shape index (κ2) is 13.1. The molecule has 31 heavy (non-hydrogen) atoms. The van der Waals surface area contributed by atoms with E-state index >= 15 is 0 Å². The summed E-state index contributed by atoms with van der Waals surface area (Å²) in [5, 5.41) is 20.0. The van der Waals surface area contributed by atoms with Crippen molar-refractivity contribution in [1.82, 2.24) is 24.6 Å². The number of hydrazine groups is 1. The highest BCUT2D eigenvalue weighted by molar-refractivity contribution is 5.78. The number of hydrazone groups is 1. The normalized spacial score (nSPS) is 23.4. The van der Waals surface area contributed by atoms with E-state index in [-0.39, 0.29) is 0 Å². The Kier molecular flexibility index (Phi) is 11.2. The van der Waals surface area contributed by atoms with Gasteiger partial charge in [-0.2, -0.15) is 0 Å². The first-order valence-electron chi connectivity index (χ1n) is 11.2. The summed E-state index contributed by atoms with van der Waals surface area (Å²) < 4.78 is 0. The van der Waals surface area contributed by atoms with Crippen LogP contribution in [0.15, 0.2) is 5.10 Å². The number of rotatable bonds is 2. The fourth-order valence-corrected chi connectivity index (χ4v) is 3.74. The van der Waals surface area contributed by atoms with Crippen LogP contribution < -0.4 is 17.4 Å². The Bertz CT molecular complexity index is 590. The zero-order valence-corrected chi connectivity index (χ0v) is 20.1. The van der Waals surface area contributed by atoms with Gasteiger partial charge in [-0.05, 0) is 31.1 Å². The smallest absolute Gasteiger partial charge is 0.213 e. The Morgan fingerprint density at radius 2 is 1.61 bits per heavy atom. The number of likely N-dealkylation sites (tertiary alicyclic amines) is 2. The Morgan fingerprint density at radius 1 is 1.06 bits per heavy atom. The first kappa shape index (κ1) is 26.6. The molecule has 3 rings (SSSR count). The van der Waals surface area contributed by atoms with Gasteiger partial charge in [-0.15, -0.1) is 5.10 Å². The van der Waals surface area contributed by atoms with Crippen LogP contribution in [0.4, 0.5) is 0 Å². The van der Waals surface area contributed by atoms with Gasteiger partial charge in [0.1, 0.15) is 0 Å². The van der Waals surface area contributed by atoms with Crippen LogP contribution in [0.2, 0.25) is 0 Å². The lowest BCUT2D eigenvalue weighted by molar-refractivity contribution is 0.414. The molecule has 3 fully saturated rings. The molecule has 2 atom stereocenters. The number of nitrogens with zero attached hydrogens (tertiary/aromatic N) is 6. The van der Waals surface area contributed by atoms with Crippen molar-refractivity contribution in [2.75, 3.05) is 59.9 Å². The maximum atomic E-state index is 7.68. The van der Waals surface area contributed by atoms with Crippen LogP contribution in [-0.2, 0) is 0 Å². The topological polar surface area (TPSA) is 154 Å². The van der Waals surface area contributed by atoms with E-state index in [4.69, 9.17) is 28.2 Å². The minimum absolute atomic E-state index is 0.460. The Hall–Kier alpha value is -2.43. The van der Waals surface area contributed by atoms with Gasteiger partial charge in [0, 0.05) is 53.4 Å². The maximum Gasteiger partial charge on any atom is 0.213 e. The molecule has 0 spiro atoms. The third-order valence-corrected chi connectivity index (χ3v) is 5.70. The van der Waals surface area contributed by atoms with Gasteiger partial charge in [0.05, 0.1) is 6.54 Å². The van der Waals surface area contributed by atoms with Gasteiger partial charge < -0.3 is 31.2 Å². The zero-order valence-electron chi connectivity index (χ0n) is 20.1. The van der Waals surface area contributed by atoms with E-state index in [1.807, 2.05) is 28.8 Å². The molecular weight excluding hydrogens is 394 g/mol. The summed E-state index contributed by atoms with van der Waals surface area (Å²) in [5.74, 6) is 13.5. The molecule has 0 radical (unpaired) electrons. The second-order valence-corrected chi connectivity index (χ2v) is 8.89. The van der Waals surface area contributed by atoms with Crippen LogP contribution in [-0.4, -0.2) is 102 Å². The van der Waals surface area contributed by atoms with Crippen LogP contribution in [0, 0.1) is 22.7 Å². The molecule has 0 saturated carbocycles. The van der Waals surface area contributed by atoms with Gasteiger partial charge >= 0.3 is 0 Å². The highest BCUT2D eigenvalue weighted by Crippen LogP contribution is 2.15. The summed E-state index contributed by atoms with van der Waals surface area (Å²) in [7, 11) is 3.84. The molecule has 3 heterocycles. The average molecular weight is 440 g/mol. The van der Waals surface area contributed by atoms with Crippen molar-refractivity contribution in [3.8, 4) is 0 Å². The fourth-order valence-electron chi connectivity index (χ4n) is 3.74. The first-order chi connectivity index (χ1) is 14.6. The Morgan fingerprint density at radius 3 is 1.97 bits per heavy atom. The Labute approximate surface area is 188 Å². The molecule has 0 aromatic rings. The number of hydrogen-bond acceptors (Lipinski definition) is 5. The van der Waals surface area contributed by atoms with Gasteiger partial charge in [0.2, 0.25) is 11.9 Å². The molecule has 11 heteroatoms. The number of hydrogen-bond donors (Lipinski definition) is 5. The lowest BCUT2D eigenvalue weighted by Gasteiger charge is -2.24. The molecular formula is C20H45N11. The average Bonchev–Trinajstić information content (AvgIpc) is 3.45. The monoisotopic (exact) mass is 439 g/mol. The molecule has 0 aliphatic carbocycles. The fraction of sp³-hybridized carbons (Fsp3) is 0.850. The van der Waals surface area contributed by atoms with E-state index < -0.39 is 0 Å². The van der Waals surface area contributed by atoms with E-state index in [1.165, 1.54) is 17.9 Å². The SMILES string of the molecule is CC1CCN(C(=N)N(C)C)C1.CC1CCN(C(N)=NN)C1.CCCN1CCN(N)C1=N. The molecule has 2 unspecified atom stereocenters. The quantitative estimate of drug-likeness (QED) is 0.176. The molecule has 3 aliphatic rings. The predicted octanol–water partition coefficient (Wildman–Crippen LogP) is 0.164. The van der Waals surface area contributed by atoms with Crippen molar-refractivity contribution in [2.24, 2.45) is 34.4 Å². The molecule has 8 N–H and O–H groups in total. The molecule has 11 nitrogen and oxygen atoms in total. The van der Waals surface area contributed by atoms with Gasteiger partial charge in [0.15, 0.2) is 5.96 Å². The molecule has 180 valence electrons. The summed E-state index contributed by atoms with van der Waals surface area (Å²) in [5.41, 5.74) is 5.49. The first-order valence-corrected chi connectivity index (χ1v) is 11.2. The maximum absolute atomic E-state index is 7.68. The minimum atomic E-state index is 0.460. The van der Waals surface area contributed by atoms with Gasteiger partial charge in [-0.25, -0.2) is 5.84 Å². The summed E-state index contributed by atoms with van der Waals surface area (Å²) in [4.78, 5) is 7.98. The highest BCUT2D eigenvalue weighted by atomic mass is 15.5. The van der Waals surface area contributed by atoms with Crippen molar-refractivity contribution in [3.05, 3.63) is 0 Å². The van der Waals surface area contributed by atoms with E-state index in [9.17, 15) is 0 Å². The minimum Gasteiger partial charge on any atom is -0.368 e. The Balaban J connectivity index is 0.000000233. The van der Waals surface area contributed by atoms with Crippen molar-refractivity contribution < 1.29 is 0 Å². The number of nitrogens with one attached hydrogen (secondary N) is 2. The molecule has 0 aromatic carbocycles. The standard InChI is InChI=1S/C8H17N3.2C6H14N4/c1-7-4-5-11(6-7)8(9)10(2)3;1-5-2-3-10(4-5)6(7)9-8;1-2-3-9-4-5-10(8)6(9)7/h7,9H,4-6H2,1-3H3;5H,2-4,8H2,1H3,(H2,7,9);7H,2-5,8H2,1H3. The highest BCUT2D eigenvalue weighted by Gasteiger charge is 2.22. The van der Waals surface area contributed by atoms with Crippen LogP contribution >= 0.6 is 0 Å². The largest absolute Gasteiger partial charge is 0.368 e. The summed E-state index contributed by atoms with van der Waals surface area (Å²) in [6, 6.07) is 0. The summed E-state index contributed by atoms with van der Waals surface area (Å²) in [6.45, 7) is 13.3. The second-order valence-electron chi connectivity index (χ2n) is 8.89. The van der Waals surface area contributed by atoms with Crippen LogP contribution in [0.5, 0.6) is 0 Å². The molecule has 3 aliphatic heterocycles. The van der Waals surface area contributed by atoms with E-state index in [0.717, 1.165) is 64.1 Å². The van der Waals surface area contributed by atoms with E-state index in [1.54, 1.807) is 0 Å². The lowest BCUT2D eigenvalue weighted by atomic mass is 10.2. The third-order valence-electron chi connectivity index (χ3n) is 5.70. The summed E-state index contributed by atoms with van der Waals surface area (Å²) in [6.07, 6.45) is 3.50. The van der Waals surface area contributed by atoms with E-state index in [0.29, 0.717) is 17.9 Å². The number of guanidine groups is 3. The van der Waals surface area contributed by atoms with Crippen molar-refractivity contribution in [2.45, 2.75) is 40.0 Å². The van der Waals surface area contributed by atoms with Crippen molar-refractivity contribution in [3.63, 3.8) is 0 Å². The van der Waals surface area contributed by atoms with E-state index in [2.05, 4.69) is 30.8 Å². The van der Waals surface area contributed by atoms with Gasteiger partial charge in [-0.3, -0.25) is 15.8 Å². The van der Waals surface area contributed by atoms with Crippen LogP contribution in [0.25, 0.3) is 0 Å². The van der Waals surface area contributed by atoms with Gasteiger partial charge in [-0.1, -0.05) is 20.8 Å². The molecule has 3 saturated heterocycles. The van der Waals surface area contributed by atoms with Crippen LogP contribution in [0.1, 0.15) is 40.0 Å². The van der Waals surface area contributed by atoms with Crippen molar-refractivity contribution in [1.29, 1.82) is 10.8 Å². The summed E-state index contributed by atoms with van der Waals surface area (Å²) >= 11 is 0. The van der Waals surface area contributed by atoms with Crippen molar-refractivity contribution >= 4 is 17.9 Å². The molecule has 0 amide bonds. The predicted molar refractivity (Wildman–Crippen MR) is 128 cm³/mol. The molecule has 0 bridgehead atoms. The third kappa shape index (κ3) is 8.68. The lowest BCUT2D eigenvalue weighted by Crippen LogP contribution is -2.38.